The van der Waals surface area contributed by atoms with Gasteiger partial charge in [-0.15, -0.1) is 6.58 Å². The van der Waals surface area contributed by atoms with Crippen LogP contribution in [0.3, 0.4) is 0 Å². The third-order valence-corrected chi connectivity index (χ3v) is 3.30. The molecule has 0 aliphatic carbocycles. The third kappa shape index (κ3) is 8.53. The maximum atomic E-state index is 5.84. The first-order valence-electron chi connectivity index (χ1n) is 7.86. The Kier molecular flexibility index (Phi) is 8.79. The highest BCUT2D eigenvalue weighted by Gasteiger charge is 2.01. The quantitative estimate of drug-likeness (QED) is 0.499. The molecule has 0 fully saturated rings. The minimum absolute atomic E-state index is 0.499. The van der Waals surface area contributed by atoms with E-state index in [2.05, 4.69) is 55.9 Å². The van der Waals surface area contributed by atoms with E-state index in [4.69, 9.17) is 4.74 Å². The zero-order chi connectivity index (χ0) is 15.5. The van der Waals surface area contributed by atoms with Crippen molar-refractivity contribution in [3.05, 3.63) is 42.5 Å². The van der Waals surface area contributed by atoms with Crippen molar-refractivity contribution in [3.8, 4) is 5.75 Å². The van der Waals surface area contributed by atoms with Crippen LogP contribution in [-0.4, -0.2) is 37.7 Å². The number of nitrogens with zero attached hydrogens (tertiary/aromatic N) is 1. The lowest BCUT2D eigenvalue weighted by Crippen LogP contribution is -2.25. The summed E-state index contributed by atoms with van der Waals surface area (Å²) in [7, 11) is 2.13. The molecule has 1 aromatic carbocycles. The topological polar surface area (TPSA) is 24.5 Å². The fourth-order valence-corrected chi connectivity index (χ4v) is 2.00. The van der Waals surface area contributed by atoms with Crippen LogP contribution in [-0.2, 0) is 6.54 Å². The van der Waals surface area contributed by atoms with Crippen molar-refractivity contribution in [1.82, 2.24) is 10.2 Å². The fourth-order valence-electron chi connectivity index (χ4n) is 2.00. The minimum atomic E-state index is 0.499. The molecule has 0 unspecified atom stereocenters. The lowest BCUT2D eigenvalue weighted by atomic mass is 10.2. The first-order chi connectivity index (χ1) is 10.1. The Morgan fingerprint density at radius 1 is 1.33 bits per heavy atom. The van der Waals surface area contributed by atoms with Crippen molar-refractivity contribution in [3.63, 3.8) is 0 Å². The first-order valence-corrected chi connectivity index (χ1v) is 7.86. The molecule has 1 aromatic rings. The molecule has 0 saturated carbocycles. The molecule has 1 rings (SSSR count). The normalized spacial score (nSPS) is 11.1. The molecule has 21 heavy (non-hydrogen) atoms. The van der Waals surface area contributed by atoms with E-state index in [1.807, 2.05) is 12.1 Å². The SMILES string of the molecule is C=CCCCN(C)CCOc1cccc(CNC(C)C)c1. The van der Waals surface area contributed by atoms with E-state index in [9.17, 15) is 0 Å². The Balaban J connectivity index is 2.28. The maximum absolute atomic E-state index is 5.84. The highest BCUT2D eigenvalue weighted by atomic mass is 16.5. The molecule has 0 aliphatic rings. The Labute approximate surface area is 130 Å². The summed E-state index contributed by atoms with van der Waals surface area (Å²) in [5, 5.41) is 3.42. The average Bonchev–Trinajstić information content (AvgIpc) is 2.46. The van der Waals surface area contributed by atoms with Crippen LogP contribution in [0.15, 0.2) is 36.9 Å². The summed E-state index contributed by atoms with van der Waals surface area (Å²) in [5.41, 5.74) is 1.26. The lowest BCUT2D eigenvalue weighted by molar-refractivity contribution is 0.236. The van der Waals surface area contributed by atoms with E-state index in [1.54, 1.807) is 0 Å². The molecular formula is C18H30N2O. The smallest absolute Gasteiger partial charge is 0.119 e. The number of hydrogen-bond donors (Lipinski definition) is 1. The zero-order valence-corrected chi connectivity index (χ0v) is 13.8. The number of hydrogen-bond acceptors (Lipinski definition) is 3. The molecule has 118 valence electrons. The second-order valence-corrected chi connectivity index (χ2v) is 5.77. The predicted octanol–water partition coefficient (Wildman–Crippen LogP) is 3.46. The first kappa shape index (κ1) is 17.7. The van der Waals surface area contributed by atoms with Gasteiger partial charge in [-0.05, 0) is 44.1 Å². The zero-order valence-electron chi connectivity index (χ0n) is 13.8. The second-order valence-electron chi connectivity index (χ2n) is 5.77. The molecular weight excluding hydrogens is 260 g/mol. The molecule has 0 amide bonds. The van der Waals surface area contributed by atoms with Gasteiger partial charge in [0.05, 0.1) is 0 Å². The van der Waals surface area contributed by atoms with E-state index in [1.165, 1.54) is 5.56 Å². The van der Waals surface area contributed by atoms with Crippen molar-refractivity contribution in [2.45, 2.75) is 39.3 Å². The van der Waals surface area contributed by atoms with Crippen molar-refractivity contribution in [2.24, 2.45) is 0 Å². The van der Waals surface area contributed by atoms with Crippen molar-refractivity contribution < 1.29 is 4.74 Å². The second kappa shape index (κ2) is 10.4. The number of benzene rings is 1. The van der Waals surface area contributed by atoms with Gasteiger partial charge in [0.1, 0.15) is 12.4 Å². The highest BCUT2D eigenvalue weighted by molar-refractivity contribution is 5.28. The standard InChI is InChI=1S/C18H30N2O/c1-5-6-7-11-20(4)12-13-21-18-10-8-9-17(14-18)15-19-16(2)3/h5,8-10,14,16,19H,1,6-7,11-13,15H2,2-4H3. The Morgan fingerprint density at radius 3 is 2.86 bits per heavy atom. The Morgan fingerprint density at radius 2 is 2.14 bits per heavy atom. The Bertz CT molecular complexity index is 404. The van der Waals surface area contributed by atoms with Crippen LogP contribution in [0.25, 0.3) is 0 Å². The molecule has 0 heterocycles. The summed E-state index contributed by atoms with van der Waals surface area (Å²) < 4.78 is 5.84. The van der Waals surface area contributed by atoms with Gasteiger partial charge in [0.15, 0.2) is 0 Å². The van der Waals surface area contributed by atoms with Gasteiger partial charge in [-0.1, -0.05) is 32.1 Å². The van der Waals surface area contributed by atoms with Crippen molar-refractivity contribution >= 4 is 0 Å². The number of likely N-dealkylation sites (N-methyl/N-ethyl adjacent to an activating group) is 1. The largest absolute Gasteiger partial charge is 0.492 e. The van der Waals surface area contributed by atoms with Crippen LogP contribution >= 0.6 is 0 Å². The van der Waals surface area contributed by atoms with Crippen molar-refractivity contribution in [2.75, 3.05) is 26.7 Å². The summed E-state index contributed by atoms with van der Waals surface area (Å²) in [6, 6.07) is 8.83. The van der Waals surface area contributed by atoms with Gasteiger partial charge in [0.2, 0.25) is 0 Å². The average molecular weight is 290 g/mol. The van der Waals surface area contributed by atoms with Gasteiger partial charge < -0.3 is 15.0 Å². The highest BCUT2D eigenvalue weighted by Crippen LogP contribution is 2.13. The molecule has 0 aromatic heterocycles. The molecule has 0 spiro atoms. The number of nitrogens with one attached hydrogen (secondary N) is 1. The number of rotatable bonds is 11. The summed E-state index contributed by atoms with van der Waals surface area (Å²) >= 11 is 0. The van der Waals surface area contributed by atoms with Crippen molar-refractivity contribution in [1.29, 1.82) is 0 Å². The van der Waals surface area contributed by atoms with E-state index < -0.39 is 0 Å². The van der Waals surface area contributed by atoms with Gasteiger partial charge >= 0.3 is 0 Å². The molecule has 0 radical (unpaired) electrons. The van der Waals surface area contributed by atoms with E-state index in [0.717, 1.165) is 44.8 Å². The minimum Gasteiger partial charge on any atom is -0.492 e. The number of allylic oxidation sites excluding steroid dienone is 1. The number of unbranched alkanes of at least 4 members (excludes halogenated alkanes) is 1. The molecule has 0 bridgehead atoms. The van der Waals surface area contributed by atoms with Crippen LogP contribution in [0.1, 0.15) is 32.3 Å². The molecule has 1 N–H and O–H groups in total. The van der Waals surface area contributed by atoms with Crippen LogP contribution in [0.5, 0.6) is 5.75 Å². The van der Waals surface area contributed by atoms with Gasteiger partial charge in [-0.3, -0.25) is 0 Å². The van der Waals surface area contributed by atoms with Gasteiger partial charge in [-0.25, -0.2) is 0 Å². The van der Waals surface area contributed by atoms with Crippen LogP contribution in [0, 0.1) is 0 Å². The van der Waals surface area contributed by atoms with Gasteiger partial charge in [-0.2, -0.15) is 0 Å². The molecule has 0 saturated heterocycles. The summed E-state index contributed by atoms with van der Waals surface area (Å²) in [6.07, 6.45) is 4.22. The fraction of sp³-hybridized carbons (Fsp3) is 0.556. The molecule has 0 atom stereocenters. The van der Waals surface area contributed by atoms with E-state index in [-0.39, 0.29) is 0 Å². The third-order valence-electron chi connectivity index (χ3n) is 3.30. The molecule has 3 heteroatoms. The summed E-state index contributed by atoms with van der Waals surface area (Å²) in [4.78, 5) is 2.30. The summed E-state index contributed by atoms with van der Waals surface area (Å²) in [6.45, 7) is 11.7. The van der Waals surface area contributed by atoms with E-state index >= 15 is 0 Å². The van der Waals surface area contributed by atoms with Gasteiger partial charge in [0, 0.05) is 19.1 Å². The molecule has 0 aliphatic heterocycles. The lowest BCUT2D eigenvalue weighted by Gasteiger charge is -2.16. The summed E-state index contributed by atoms with van der Waals surface area (Å²) in [5.74, 6) is 0.956. The molecule has 3 nitrogen and oxygen atoms in total. The van der Waals surface area contributed by atoms with Crippen LogP contribution in [0.4, 0.5) is 0 Å². The van der Waals surface area contributed by atoms with Gasteiger partial charge in [0.25, 0.3) is 0 Å². The maximum Gasteiger partial charge on any atom is 0.119 e. The van der Waals surface area contributed by atoms with Crippen LogP contribution < -0.4 is 10.1 Å². The number of ether oxygens (including phenoxy) is 1. The monoisotopic (exact) mass is 290 g/mol. The van der Waals surface area contributed by atoms with Crippen LogP contribution in [0.2, 0.25) is 0 Å². The predicted molar refractivity (Wildman–Crippen MR) is 90.8 cm³/mol. The van der Waals surface area contributed by atoms with E-state index in [0.29, 0.717) is 6.04 Å². The Hall–Kier alpha value is -1.32.